The van der Waals surface area contributed by atoms with Crippen molar-refractivity contribution in [2.75, 3.05) is 0 Å². The number of halogens is 1. The molecule has 0 atom stereocenters. The van der Waals surface area contributed by atoms with Gasteiger partial charge >= 0.3 is 0 Å². The minimum absolute atomic E-state index is 0.0251. The minimum Gasteiger partial charge on any atom is -0.512 e. The Hall–Kier alpha value is -2.86. The van der Waals surface area contributed by atoms with E-state index in [4.69, 9.17) is 16.3 Å². The van der Waals surface area contributed by atoms with E-state index in [1.807, 2.05) is 26.8 Å². The molecule has 0 saturated heterocycles. The van der Waals surface area contributed by atoms with Gasteiger partial charge in [-0.1, -0.05) is 38.4 Å². The van der Waals surface area contributed by atoms with Gasteiger partial charge in [-0.15, -0.1) is 0 Å². The standard InChI is InChI=1S/C22H22ClNO5/c1-4-13-5-6-14(29-15-7-8-18(24(27)28)17(23)10-15)9-16(13)21-19(25)11-22(2,3)12-20(21)26/h5-10,25H,4,11-12H2,1-3H3. The fraction of sp³-hybridized carbons (Fsp3) is 0.318. The normalized spacial score (nSPS) is 16.1. The Kier molecular flexibility index (Phi) is 5.66. The summed E-state index contributed by atoms with van der Waals surface area (Å²) in [5.41, 5.74) is 1.44. The maximum absolute atomic E-state index is 12.8. The number of nitro benzene ring substituents is 1. The molecule has 0 fully saturated rings. The predicted octanol–water partition coefficient (Wildman–Crippen LogP) is 6.26. The van der Waals surface area contributed by atoms with E-state index in [-0.39, 0.29) is 27.7 Å². The molecule has 1 aliphatic rings. The number of carbonyl (C=O) groups excluding carboxylic acids is 1. The highest BCUT2D eigenvalue weighted by atomic mass is 35.5. The van der Waals surface area contributed by atoms with Crippen molar-refractivity contribution < 1.29 is 19.6 Å². The van der Waals surface area contributed by atoms with Gasteiger partial charge in [-0.3, -0.25) is 14.9 Å². The van der Waals surface area contributed by atoms with E-state index >= 15 is 0 Å². The molecule has 1 aliphatic carbocycles. The van der Waals surface area contributed by atoms with E-state index in [1.165, 1.54) is 18.2 Å². The third-order valence-corrected chi connectivity index (χ3v) is 5.24. The van der Waals surface area contributed by atoms with Gasteiger partial charge in [0, 0.05) is 25.0 Å². The molecule has 29 heavy (non-hydrogen) atoms. The van der Waals surface area contributed by atoms with Crippen molar-refractivity contribution in [1.82, 2.24) is 0 Å². The van der Waals surface area contributed by atoms with Crippen LogP contribution in [0, 0.1) is 15.5 Å². The number of aryl methyl sites for hydroxylation is 1. The molecule has 0 bridgehead atoms. The zero-order chi connectivity index (χ0) is 21.3. The lowest BCUT2D eigenvalue weighted by Crippen LogP contribution is -2.25. The molecule has 1 N–H and O–H groups in total. The van der Waals surface area contributed by atoms with Gasteiger partial charge in [-0.25, -0.2) is 0 Å². The average molecular weight is 416 g/mol. The van der Waals surface area contributed by atoms with Crippen LogP contribution in [0.3, 0.4) is 0 Å². The van der Waals surface area contributed by atoms with E-state index in [0.29, 0.717) is 41.9 Å². The van der Waals surface area contributed by atoms with E-state index < -0.39 is 4.92 Å². The van der Waals surface area contributed by atoms with Crippen LogP contribution in [0.25, 0.3) is 5.57 Å². The molecule has 0 saturated carbocycles. The first-order valence-electron chi connectivity index (χ1n) is 9.31. The van der Waals surface area contributed by atoms with Crippen molar-refractivity contribution in [3.63, 3.8) is 0 Å². The number of nitro groups is 1. The number of ether oxygens (including phenoxy) is 1. The third kappa shape index (κ3) is 4.43. The smallest absolute Gasteiger partial charge is 0.288 e. The molecule has 0 unspecified atom stereocenters. The number of Topliss-reactive ketones (excluding diaryl/α,β-unsaturated/α-hetero) is 1. The second kappa shape index (κ2) is 7.87. The summed E-state index contributed by atoms with van der Waals surface area (Å²) in [6.45, 7) is 5.89. The number of benzene rings is 2. The van der Waals surface area contributed by atoms with Crippen molar-refractivity contribution in [1.29, 1.82) is 0 Å². The van der Waals surface area contributed by atoms with Crippen LogP contribution < -0.4 is 4.74 Å². The highest BCUT2D eigenvalue weighted by molar-refractivity contribution is 6.32. The summed E-state index contributed by atoms with van der Waals surface area (Å²) < 4.78 is 5.81. The molecule has 0 spiro atoms. The van der Waals surface area contributed by atoms with Gasteiger partial charge in [0.2, 0.25) is 0 Å². The van der Waals surface area contributed by atoms with Crippen molar-refractivity contribution in [3.05, 3.63) is 68.4 Å². The summed E-state index contributed by atoms with van der Waals surface area (Å²) >= 11 is 5.95. The molecule has 152 valence electrons. The number of nitrogens with zero attached hydrogens (tertiary/aromatic N) is 1. The van der Waals surface area contributed by atoms with Crippen LogP contribution in [-0.4, -0.2) is 15.8 Å². The Balaban J connectivity index is 1.99. The Morgan fingerprint density at radius 2 is 1.83 bits per heavy atom. The van der Waals surface area contributed by atoms with Gasteiger partial charge in [-0.05, 0) is 41.2 Å². The molecular weight excluding hydrogens is 394 g/mol. The molecule has 2 aromatic rings. The van der Waals surface area contributed by atoms with Gasteiger partial charge in [-0.2, -0.15) is 0 Å². The first-order chi connectivity index (χ1) is 13.6. The largest absolute Gasteiger partial charge is 0.512 e. The second-order valence-electron chi connectivity index (χ2n) is 7.91. The summed E-state index contributed by atoms with van der Waals surface area (Å²) in [4.78, 5) is 23.1. The average Bonchev–Trinajstić information content (AvgIpc) is 2.60. The van der Waals surface area contributed by atoms with Crippen molar-refractivity contribution in [3.8, 4) is 11.5 Å². The highest BCUT2D eigenvalue weighted by Crippen LogP contribution is 2.41. The monoisotopic (exact) mass is 415 g/mol. The van der Waals surface area contributed by atoms with Gasteiger partial charge in [0.15, 0.2) is 5.78 Å². The van der Waals surface area contributed by atoms with Crippen molar-refractivity contribution >= 4 is 28.6 Å². The quantitative estimate of drug-likeness (QED) is 0.459. The first-order valence-corrected chi connectivity index (χ1v) is 9.69. The molecular formula is C22H22ClNO5. The summed E-state index contributed by atoms with van der Waals surface area (Å²) in [6, 6.07) is 9.44. The van der Waals surface area contributed by atoms with E-state index in [1.54, 1.807) is 12.1 Å². The van der Waals surface area contributed by atoms with Crippen LogP contribution in [0.4, 0.5) is 5.69 Å². The minimum atomic E-state index is -0.564. The summed E-state index contributed by atoms with van der Waals surface area (Å²) in [6.07, 6.45) is 1.48. The highest BCUT2D eigenvalue weighted by Gasteiger charge is 2.34. The molecule has 3 rings (SSSR count). The summed E-state index contributed by atoms with van der Waals surface area (Å²) in [7, 11) is 0. The van der Waals surface area contributed by atoms with E-state index in [9.17, 15) is 20.0 Å². The number of aliphatic hydroxyl groups is 1. The Bertz CT molecular complexity index is 1030. The second-order valence-corrected chi connectivity index (χ2v) is 8.31. The number of hydrogen-bond donors (Lipinski definition) is 1. The number of rotatable bonds is 5. The molecule has 0 heterocycles. The van der Waals surface area contributed by atoms with Crippen molar-refractivity contribution in [2.24, 2.45) is 5.41 Å². The van der Waals surface area contributed by atoms with Gasteiger partial charge in [0.1, 0.15) is 22.3 Å². The van der Waals surface area contributed by atoms with Crippen LogP contribution in [0.5, 0.6) is 11.5 Å². The molecule has 2 aromatic carbocycles. The summed E-state index contributed by atoms with van der Waals surface area (Å²) in [5.74, 6) is 0.783. The Morgan fingerprint density at radius 3 is 2.41 bits per heavy atom. The fourth-order valence-corrected chi connectivity index (χ4v) is 3.83. The van der Waals surface area contributed by atoms with Crippen molar-refractivity contribution in [2.45, 2.75) is 40.0 Å². The lowest BCUT2D eigenvalue weighted by Gasteiger charge is -2.30. The number of allylic oxidation sites excluding steroid dienone is 2. The van der Waals surface area contributed by atoms with Crippen LogP contribution in [0.1, 0.15) is 44.7 Å². The van der Waals surface area contributed by atoms with E-state index in [2.05, 4.69) is 0 Å². The lowest BCUT2D eigenvalue weighted by atomic mass is 9.74. The number of hydrogen-bond acceptors (Lipinski definition) is 5. The molecule has 0 aromatic heterocycles. The SMILES string of the molecule is CCc1ccc(Oc2ccc([N+](=O)[O-])c(Cl)c2)cc1C1=C(O)CC(C)(C)CC1=O. The van der Waals surface area contributed by atoms with E-state index in [0.717, 1.165) is 5.56 Å². The number of aliphatic hydroxyl groups excluding tert-OH is 1. The van der Waals surface area contributed by atoms with Gasteiger partial charge < -0.3 is 9.84 Å². The molecule has 0 aliphatic heterocycles. The number of carbonyl (C=O) groups is 1. The molecule has 0 radical (unpaired) electrons. The predicted molar refractivity (Wildman–Crippen MR) is 112 cm³/mol. The van der Waals surface area contributed by atoms with Crippen LogP contribution >= 0.6 is 11.6 Å². The van der Waals surface area contributed by atoms with Crippen LogP contribution in [0.15, 0.2) is 42.2 Å². The maximum atomic E-state index is 12.8. The maximum Gasteiger partial charge on any atom is 0.288 e. The topological polar surface area (TPSA) is 89.7 Å². The van der Waals surface area contributed by atoms with Gasteiger partial charge in [0.05, 0.1) is 10.5 Å². The fourth-order valence-electron chi connectivity index (χ4n) is 3.59. The van der Waals surface area contributed by atoms with Gasteiger partial charge in [0.25, 0.3) is 5.69 Å². The number of ketones is 1. The summed E-state index contributed by atoms with van der Waals surface area (Å²) in [5, 5.41) is 21.5. The zero-order valence-corrected chi connectivity index (χ0v) is 17.2. The third-order valence-electron chi connectivity index (χ3n) is 4.94. The van der Waals surface area contributed by atoms with Crippen LogP contribution in [-0.2, 0) is 11.2 Å². The zero-order valence-electron chi connectivity index (χ0n) is 16.5. The molecule has 6 nitrogen and oxygen atoms in total. The lowest BCUT2D eigenvalue weighted by molar-refractivity contribution is -0.384. The molecule has 7 heteroatoms. The molecule has 0 amide bonds. The Morgan fingerprint density at radius 1 is 1.17 bits per heavy atom. The Labute approximate surface area is 173 Å². The van der Waals surface area contributed by atoms with Crippen LogP contribution in [0.2, 0.25) is 5.02 Å². The first kappa shape index (κ1) is 20.9.